The lowest BCUT2D eigenvalue weighted by molar-refractivity contribution is 0.102. The van der Waals surface area contributed by atoms with Crippen LogP contribution in [0.5, 0.6) is 5.75 Å². The molecule has 5 nitrogen and oxygen atoms in total. The van der Waals surface area contributed by atoms with Crippen molar-refractivity contribution in [2.24, 2.45) is 0 Å². The number of carbonyl (C=O) groups is 1. The van der Waals surface area contributed by atoms with Crippen molar-refractivity contribution >= 4 is 27.8 Å². The van der Waals surface area contributed by atoms with Crippen LogP contribution in [-0.2, 0) is 0 Å². The van der Waals surface area contributed by atoms with Gasteiger partial charge in [0.05, 0.1) is 23.8 Å². The van der Waals surface area contributed by atoms with E-state index in [1.165, 1.54) is 18.3 Å². The summed E-state index contributed by atoms with van der Waals surface area (Å²) in [5.74, 6) is 0.542. The SMILES string of the molecule is COc1c(N2CCC(O)CC2)sc(C(C)=O)c1N. The van der Waals surface area contributed by atoms with Crippen LogP contribution in [-0.4, -0.2) is 37.2 Å². The molecule has 100 valence electrons. The number of thiophene rings is 1. The molecule has 1 aliphatic heterocycles. The Morgan fingerprint density at radius 3 is 2.61 bits per heavy atom. The number of ketones is 1. The van der Waals surface area contributed by atoms with Gasteiger partial charge in [0.25, 0.3) is 0 Å². The first-order valence-electron chi connectivity index (χ1n) is 5.94. The third-order valence-corrected chi connectivity index (χ3v) is 4.51. The minimum Gasteiger partial charge on any atom is -0.492 e. The molecule has 1 saturated heterocycles. The summed E-state index contributed by atoms with van der Waals surface area (Å²) in [6, 6.07) is 0. The fraction of sp³-hybridized carbons (Fsp3) is 0.583. The van der Waals surface area contributed by atoms with Gasteiger partial charge in [0, 0.05) is 20.0 Å². The quantitative estimate of drug-likeness (QED) is 0.814. The number of hydrogen-bond acceptors (Lipinski definition) is 6. The first kappa shape index (κ1) is 13.2. The number of aliphatic hydroxyl groups is 1. The highest BCUT2D eigenvalue weighted by Crippen LogP contribution is 2.45. The van der Waals surface area contributed by atoms with Gasteiger partial charge in [-0.05, 0) is 12.8 Å². The molecule has 0 amide bonds. The number of methoxy groups -OCH3 is 1. The van der Waals surface area contributed by atoms with Crippen molar-refractivity contribution in [3.63, 3.8) is 0 Å². The van der Waals surface area contributed by atoms with Crippen molar-refractivity contribution in [3.05, 3.63) is 4.88 Å². The second-order valence-corrected chi connectivity index (χ2v) is 5.46. The Balaban J connectivity index is 2.32. The summed E-state index contributed by atoms with van der Waals surface area (Å²) >= 11 is 1.37. The van der Waals surface area contributed by atoms with Crippen LogP contribution in [0.15, 0.2) is 0 Å². The fourth-order valence-electron chi connectivity index (χ4n) is 2.15. The summed E-state index contributed by atoms with van der Waals surface area (Å²) in [6.45, 7) is 3.02. The molecule has 1 aromatic rings. The highest BCUT2D eigenvalue weighted by molar-refractivity contribution is 7.19. The molecule has 2 heterocycles. The number of hydrogen-bond donors (Lipinski definition) is 2. The smallest absolute Gasteiger partial charge is 0.177 e. The monoisotopic (exact) mass is 270 g/mol. The Morgan fingerprint density at radius 1 is 1.50 bits per heavy atom. The van der Waals surface area contributed by atoms with E-state index in [1.807, 2.05) is 0 Å². The number of rotatable bonds is 3. The first-order chi connectivity index (χ1) is 8.54. The highest BCUT2D eigenvalue weighted by Gasteiger charge is 2.26. The number of piperidine rings is 1. The number of ether oxygens (including phenoxy) is 1. The maximum Gasteiger partial charge on any atom is 0.177 e. The van der Waals surface area contributed by atoms with Gasteiger partial charge >= 0.3 is 0 Å². The van der Waals surface area contributed by atoms with Crippen molar-refractivity contribution in [3.8, 4) is 5.75 Å². The molecule has 1 aromatic heterocycles. The Hall–Kier alpha value is -1.27. The van der Waals surface area contributed by atoms with E-state index in [4.69, 9.17) is 10.5 Å². The zero-order valence-electron chi connectivity index (χ0n) is 10.6. The molecular formula is C12H18N2O3S. The van der Waals surface area contributed by atoms with Crippen molar-refractivity contribution < 1.29 is 14.6 Å². The van der Waals surface area contributed by atoms with Crippen molar-refractivity contribution in [2.75, 3.05) is 30.8 Å². The number of nitrogens with two attached hydrogens (primary N) is 1. The van der Waals surface area contributed by atoms with Crippen LogP contribution >= 0.6 is 11.3 Å². The summed E-state index contributed by atoms with van der Waals surface area (Å²) in [4.78, 5) is 14.2. The maximum atomic E-state index is 11.5. The van der Waals surface area contributed by atoms with E-state index in [9.17, 15) is 9.90 Å². The molecule has 2 rings (SSSR count). The van der Waals surface area contributed by atoms with Gasteiger partial charge in [-0.1, -0.05) is 0 Å². The third-order valence-electron chi connectivity index (χ3n) is 3.16. The Labute approximate surface area is 110 Å². The lowest BCUT2D eigenvalue weighted by atomic mass is 10.1. The van der Waals surface area contributed by atoms with Gasteiger partial charge in [-0.15, -0.1) is 11.3 Å². The van der Waals surface area contributed by atoms with Crippen molar-refractivity contribution in [1.82, 2.24) is 0 Å². The van der Waals surface area contributed by atoms with Crippen molar-refractivity contribution in [2.45, 2.75) is 25.9 Å². The normalized spacial score (nSPS) is 16.9. The summed E-state index contributed by atoms with van der Waals surface area (Å²) < 4.78 is 5.32. The van der Waals surface area contributed by atoms with Gasteiger partial charge < -0.3 is 20.5 Å². The molecule has 0 unspecified atom stereocenters. The minimum absolute atomic E-state index is 0.0425. The van der Waals surface area contributed by atoms with Crippen LogP contribution in [0, 0.1) is 0 Å². The van der Waals surface area contributed by atoms with Gasteiger partial charge in [0.15, 0.2) is 11.5 Å². The highest BCUT2D eigenvalue weighted by atomic mass is 32.1. The number of anilines is 2. The molecule has 0 radical (unpaired) electrons. The van der Waals surface area contributed by atoms with E-state index in [-0.39, 0.29) is 11.9 Å². The zero-order chi connectivity index (χ0) is 13.3. The lowest BCUT2D eigenvalue weighted by Crippen LogP contribution is -2.35. The van der Waals surface area contributed by atoms with Gasteiger partial charge in [0.1, 0.15) is 5.00 Å². The maximum absolute atomic E-state index is 11.5. The summed E-state index contributed by atoms with van der Waals surface area (Å²) in [5, 5.41) is 10.4. The molecule has 0 spiro atoms. The van der Waals surface area contributed by atoms with Crippen LogP contribution in [0.4, 0.5) is 10.7 Å². The van der Waals surface area contributed by atoms with Gasteiger partial charge in [-0.3, -0.25) is 4.79 Å². The number of nitrogens with zero attached hydrogens (tertiary/aromatic N) is 1. The minimum atomic E-state index is -0.225. The summed E-state index contributed by atoms with van der Waals surface area (Å²) in [7, 11) is 1.56. The van der Waals surface area contributed by atoms with E-state index in [2.05, 4.69) is 4.90 Å². The Bertz CT molecular complexity index is 450. The van der Waals surface area contributed by atoms with E-state index < -0.39 is 0 Å². The molecule has 0 aliphatic carbocycles. The molecule has 0 aromatic carbocycles. The van der Waals surface area contributed by atoms with E-state index in [0.29, 0.717) is 16.3 Å². The van der Waals surface area contributed by atoms with E-state index in [1.54, 1.807) is 7.11 Å². The molecule has 0 saturated carbocycles. The number of nitrogen functional groups attached to an aromatic ring is 1. The van der Waals surface area contributed by atoms with Crippen molar-refractivity contribution in [1.29, 1.82) is 0 Å². The van der Waals surface area contributed by atoms with Gasteiger partial charge in [-0.2, -0.15) is 0 Å². The van der Waals surface area contributed by atoms with Crippen LogP contribution in [0.2, 0.25) is 0 Å². The second kappa shape index (κ2) is 5.16. The topological polar surface area (TPSA) is 75.8 Å². The third kappa shape index (κ3) is 2.30. The predicted octanol–water partition coefficient (Wildman–Crippen LogP) is 1.50. The molecule has 0 bridgehead atoms. The summed E-state index contributed by atoms with van der Waals surface area (Å²) in [5.41, 5.74) is 6.37. The van der Waals surface area contributed by atoms with Crippen LogP contribution in [0.3, 0.4) is 0 Å². The lowest BCUT2D eigenvalue weighted by Gasteiger charge is -2.30. The van der Waals surface area contributed by atoms with E-state index >= 15 is 0 Å². The van der Waals surface area contributed by atoms with Gasteiger partial charge in [-0.25, -0.2) is 0 Å². The molecule has 1 fully saturated rings. The van der Waals surface area contributed by atoms with Crippen LogP contribution in [0.1, 0.15) is 29.4 Å². The van der Waals surface area contributed by atoms with Gasteiger partial charge in [0.2, 0.25) is 0 Å². The second-order valence-electron chi connectivity index (χ2n) is 4.46. The molecule has 3 N–H and O–H groups in total. The zero-order valence-corrected chi connectivity index (χ0v) is 11.4. The molecule has 6 heteroatoms. The standard InChI is InChI=1S/C12H18N2O3S/c1-7(15)11-9(13)10(17-2)12(18-11)14-5-3-8(16)4-6-14/h8,16H,3-6,13H2,1-2H3. The molecule has 1 aliphatic rings. The average molecular weight is 270 g/mol. The molecule has 0 atom stereocenters. The average Bonchev–Trinajstić information content (AvgIpc) is 2.67. The Kier molecular flexibility index (Phi) is 3.77. The summed E-state index contributed by atoms with van der Waals surface area (Å²) in [6.07, 6.45) is 1.24. The van der Waals surface area contributed by atoms with Crippen LogP contribution < -0.4 is 15.4 Å². The van der Waals surface area contributed by atoms with E-state index in [0.717, 1.165) is 30.9 Å². The molecular weight excluding hydrogens is 252 g/mol. The fourth-order valence-corrected chi connectivity index (χ4v) is 3.29. The largest absolute Gasteiger partial charge is 0.492 e. The molecule has 18 heavy (non-hydrogen) atoms. The Morgan fingerprint density at radius 2 is 2.11 bits per heavy atom. The predicted molar refractivity (Wildman–Crippen MR) is 72.7 cm³/mol. The number of carbonyl (C=O) groups excluding carboxylic acids is 1. The number of aliphatic hydroxyl groups excluding tert-OH is 1. The number of Topliss-reactive ketones (excluding diaryl/α,β-unsaturated/α-hetero) is 1. The van der Waals surface area contributed by atoms with Crippen LogP contribution in [0.25, 0.3) is 0 Å². The first-order valence-corrected chi connectivity index (χ1v) is 6.76.